The van der Waals surface area contributed by atoms with Crippen molar-refractivity contribution in [3.05, 3.63) is 35.4 Å². The first kappa shape index (κ1) is 16.7. The van der Waals surface area contributed by atoms with Crippen molar-refractivity contribution in [2.24, 2.45) is 0 Å². The van der Waals surface area contributed by atoms with E-state index in [0.717, 1.165) is 29.5 Å². The lowest BCUT2D eigenvalue weighted by Crippen LogP contribution is -2.24. The van der Waals surface area contributed by atoms with Gasteiger partial charge in [0, 0.05) is 31.1 Å². The molecule has 0 aliphatic carbocycles. The molecule has 0 radical (unpaired) electrons. The van der Waals surface area contributed by atoms with E-state index < -0.39 is 5.97 Å². The molecule has 0 saturated carbocycles. The Morgan fingerprint density at radius 3 is 2.86 bits per heavy atom. The molecule has 0 amide bonds. The van der Waals surface area contributed by atoms with Crippen molar-refractivity contribution in [2.45, 2.75) is 19.9 Å². The van der Waals surface area contributed by atoms with E-state index in [1.54, 1.807) is 13.2 Å². The molecule has 0 fully saturated rings. The summed E-state index contributed by atoms with van der Waals surface area (Å²) >= 11 is 0. The lowest BCUT2D eigenvalue weighted by atomic mass is 10.1. The second kappa shape index (κ2) is 8.77. The standard InChI is InChI=1S/C16H20N2O3/c1-3-18(10-4-9-17)12-14-11-13(6-8-16(19)20)5-7-15(14)21-2/h5-8,11H,3-4,10,12H2,1-2H3,(H,19,20). The van der Waals surface area contributed by atoms with Gasteiger partial charge in [0.2, 0.25) is 0 Å². The fourth-order valence-electron chi connectivity index (χ4n) is 1.99. The molecule has 0 spiro atoms. The number of carboxylic acids is 1. The molecule has 21 heavy (non-hydrogen) atoms. The minimum absolute atomic E-state index is 0.481. The summed E-state index contributed by atoms with van der Waals surface area (Å²) in [5.74, 6) is -0.213. The van der Waals surface area contributed by atoms with Gasteiger partial charge in [-0.2, -0.15) is 5.26 Å². The van der Waals surface area contributed by atoms with Crippen LogP contribution in [0.4, 0.5) is 0 Å². The fourth-order valence-corrected chi connectivity index (χ4v) is 1.99. The van der Waals surface area contributed by atoms with Crippen LogP contribution in [0.15, 0.2) is 24.3 Å². The average molecular weight is 288 g/mol. The molecule has 0 bridgehead atoms. The molecule has 0 heterocycles. The van der Waals surface area contributed by atoms with Crippen molar-refractivity contribution in [1.82, 2.24) is 4.90 Å². The zero-order valence-corrected chi connectivity index (χ0v) is 12.4. The third-order valence-corrected chi connectivity index (χ3v) is 3.10. The monoisotopic (exact) mass is 288 g/mol. The molecule has 0 unspecified atom stereocenters. The topological polar surface area (TPSA) is 73.6 Å². The highest BCUT2D eigenvalue weighted by Gasteiger charge is 2.09. The van der Waals surface area contributed by atoms with Gasteiger partial charge in [0.25, 0.3) is 0 Å². The van der Waals surface area contributed by atoms with Gasteiger partial charge in [0.15, 0.2) is 0 Å². The summed E-state index contributed by atoms with van der Waals surface area (Å²) in [5.41, 5.74) is 1.79. The van der Waals surface area contributed by atoms with E-state index in [2.05, 4.69) is 11.0 Å². The molecule has 5 nitrogen and oxygen atoms in total. The van der Waals surface area contributed by atoms with E-state index in [-0.39, 0.29) is 0 Å². The van der Waals surface area contributed by atoms with Gasteiger partial charge in [-0.15, -0.1) is 0 Å². The number of rotatable bonds is 8. The van der Waals surface area contributed by atoms with Gasteiger partial charge in [-0.05, 0) is 30.3 Å². The molecule has 1 rings (SSSR count). The Kier molecular flexibility index (Phi) is 6.99. The highest BCUT2D eigenvalue weighted by molar-refractivity contribution is 5.85. The summed E-state index contributed by atoms with van der Waals surface area (Å²) in [7, 11) is 1.61. The summed E-state index contributed by atoms with van der Waals surface area (Å²) in [6.45, 7) is 4.24. The summed E-state index contributed by atoms with van der Waals surface area (Å²) in [4.78, 5) is 12.7. The van der Waals surface area contributed by atoms with Crippen LogP contribution < -0.4 is 4.74 Å². The minimum Gasteiger partial charge on any atom is -0.496 e. The molecule has 0 aromatic heterocycles. The van der Waals surface area contributed by atoms with Crippen molar-refractivity contribution in [1.29, 1.82) is 5.26 Å². The van der Waals surface area contributed by atoms with Gasteiger partial charge in [-0.25, -0.2) is 4.79 Å². The smallest absolute Gasteiger partial charge is 0.328 e. The van der Waals surface area contributed by atoms with Crippen molar-refractivity contribution in [2.75, 3.05) is 20.2 Å². The molecule has 1 aromatic carbocycles. The van der Waals surface area contributed by atoms with Crippen LogP contribution in [0.3, 0.4) is 0 Å². The number of nitriles is 1. The van der Waals surface area contributed by atoms with E-state index in [9.17, 15) is 4.79 Å². The maximum atomic E-state index is 10.6. The van der Waals surface area contributed by atoms with Crippen LogP contribution in [-0.4, -0.2) is 36.2 Å². The van der Waals surface area contributed by atoms with Crippen LogP contribution >= 0.6 is 0 Å². The zero-order valence-electron chi connectivity index (χ0n) is 12.4. The Bertz CT molecular complexity index is 547. The normalized spacial score (nSPS) is 10.8. The molecule has 0 saturated heterocycles. The molecule has 0 atom stereocenters. The molecule has 0 aliphatic rings. The molecular weight excluding hydrogens is 268 g/mol. The van der Waals surface area contributed by atoms with Crippen LogP contribution in [0, 0.1) is 11.3 Å². The largest absolute Gasteiger partial charge is 0.496 e. The predicted molar refractivity (Wildman–Crippen MR) is 80.8 cm³/mol. The fraction of sp³-hybridized carbons (Fsp3) is 0.375. The summed E-state index contributed by atoms with van der Waals surface area (Å²) < 4.78 is 5.34. The highest BCUT2D eigenvalue weighted by Crippen LogP contribution is 2.22. The maximum Gasteiger partial charge on any atom is 0.328 e. The van der Waals surface area contributed by atoms with Crippen molar-refractivity contribution < 1.29 is 14.6 Å². The Morgan fingerprint density at radius 2 is 2.29 bits per heavy atom. The van der Waals surface area contributed by atoms with E-state index in [0.29, 0.717) is 19.5 Å². The van der Waals surface area contributed by atoms with Crippen LogP contribution in [0.25, 0.3) is 6.08 Å². The Hall–Kier alpha value is -2.32. The number of aliphatic carboxylic acids is 1. The maximum absolute atomic E-state index is 10.6. The first-order valence-electron chi connectivity index (χ1n) is 6.78. The summed E-state index contributed by atoms with van der Waals surface area (Å²) in [6, 6.07) is 7.69. The molecule has 112 valence electrons. The number of nitrogens with zero attached hydrogens (tertiary/aromatic N) is 2. The van der Waals surface area contributed by atoms with Gasteiger partial charge in [0.1, 0.15) is 5.75 Å². The zero-order chi connectivity index (χ0) is 15.7. The summed E-state index contributed by atoms with van der Waals surface area (Å²) in [5, 5.41) is 17.4. The van der Waals surface area contributed by atoms with Gasteiger partial charge < -0.3 is 9.84 Å². The quantitative estimate of drug-likeness (QED) is 0.744. The summed E-state index contributed by atoms with van der Waals surface area (Å²) in [6.07, 6.45) is 3.14. The second-order valence-electron chi connectivity index (χ2n) is 4.52. The van der Waals surface area contributed by atoms with Crippen molar-refractivity contribution >= 4 is 12.0 Å². The second-order valence-corrected chi connectivity index (χ2v) is 4.52. The van der Waals surface area contributed by atoms with Crippen LogP contribution in [0.2, 0.25) is 0 Å². The Balaban J connectivity index is 2.94. The number of hydrogen-bond donors (Lipinski definition) is 1. The molecule has 1 aromatic rings. The first-order valence-corrected chi connectivity index (χ1v) is 6.78. The predicted octanol–water partition coefficient (Wildman–Crippen LogP) is 2.53. The van der Waals surface area contributed by atoms with Crippen molar-refractivity contribution in [3.63, 3.8) is 0 Å². The molecule has 1 N–H and O–H groups in total. The first-order chi connectivity index (χ1) is 10.1. The molecular formula is C16H20N2O3. The number of methoxy groups -OCH3 is 1. The van der Waals surface area contributed by atoms with Crippen LogP contribution in [0.5, 0.6) is 5.75 Å². The highest BCUT2D eigenvalue weighted by atomic mass is 16.5. The lowest BCUT2D eigenvalue weighted by Gasteiger charge is -2.20. The van der Waals surface area contributed by atoms with E-state index in [1.165, 1.54) is 0 Å². The van der Waals surface area contributed by atoms with E-state index in [4.69, 9.17) is 15.1 Å². The number of ether oxygens (including phenoxy) is 1. The Morgan fingerprint density at radius 1 is 1.52 bits per heavy atom. The average Bonchev–Trinajstić information content (AvgIpc) is 2.49. The van der Waals surface area contributed by atoms with E-state index >= 15 is 0 Å². The number of benzene rings is 1. The number of carbonyl (C=O) groups is 1. The van der Waals surface area contributed by atoms with Crippen LogP contribution in [0.1, 0.15) is 24.5 Å². The minimum atomic E-state index is -0.975. The van der Waals surface area contributed by atoms with Gasteiger partial charge in [0.05, 0.1) is 13.2 Å². The van der Waals surface area contributed by atoms with Gasteiger partial charge >= 0.3 is 5.97 Å². The lowest BCUT2D eigenvalue weighted by molar-refractivity contribution is -0.131. The van der Waals surface area contributed by atoms with E-state index in [1.807, 2.05) is 25.1 Å². The van der Waals surface area contributed by atoms with Crippen LogP contribution in [-0.2, 0) is 11.3 Å². The SMILES string of the molecule is CCN(CCC#N)Cc1cc(C=CC(=O)O)ccc1OC. The molecule has 0 aliphatic heterocycles. The van der Waals surface area contributed by atoms with Crippen molar-refractivity contribution in [3.8, 4) is 11.8 Å². The van der Waals surface area contributed by atoms with Gasteiger partial charge in [-0.1, -0.05) is 13.0 Å². The van der Waals surface area contributed by atoms with Gasteiger partial charge in [-0.3, -0.25) is 4.90 Å². The third kappa shape index (κ3) is 5.67. The number of carboxylic acid groups (broad SMARTS) is 1. The molecule has 5 heteroatoms. The number of hydrogen-bond acceptors (Lipinski definition) is 4. The third-order valence-electron chi connectivity index (χ3n) is 3.10. The Labute approximate surface area is 125 Å².